The molecule has 0 saturated heterocycles. The Labute approximate surface area is 199 Å². The van der Waals surface area contributed by atoms with Crippen LogP contribution in [-0.2, 0) is 12.8 Å². The lowest BCUT2D eigenvalue weighted by atomic mass is 9.97. The van der Waals surface area contributed by atoms with Crippen molar-refractivity contribution < 1.29 is 0 Å². The van der Waals surface area contributed by atoms with E-state index in [0.29, 0.717) is 0 Å². The highest BCUT2D eigenvalue weighted by molar-refractivity contribution is 5.86. The van der Waals surface area contributed by atoms with Crippen molar-refractivity contribution in [2.75, 3.05) is 0 Å². The van der Waals surface area contributed by atoms with E-state index in [1.165, 1.54) is 43.8 Å². The third-order valence-electron chi connectivity index (χ3n) is 6.46. The van der Waals surface area contributed by atoms with Gasteiger partial charge in [-0.05, 0) is 80.9 Å². The van der Waals surface area contributed by atoms with Gasteiger partial charge in [0.05, 0.1) is 11.4 Å². The normalized spacial score (nSPS) is 11.2. The van der Waals surface area contributed by atoms with Crippen LogP contribution in [0.5, 0.6) is 0 Å². The van der Waals surface area contributed by atoms with Gasteiger partial charge < -0.3 is 0 Å². The minimum Gasteiger partial charge on any atom is -0.255 e. The van der Waals surface area contributed by atoms with E-state index in [1.54, 1.807) is 0 Å². The Kier molecular flexibility index (Phi) is 5.33. The first-order valence-corrected chi connectivity index (χ1v) is 11.7. The molecule has 2 heterocycles. The highest BCUT2D eigenvalue weighted by Gasteiger charge is 2.08. The van der Waals surface area contributed by atoms with Crippen molar-refractivity contribution in [1.82, 2.24) is 9.97 Å². The number of aromatic nitrogens is 2. The van der Waals surface area contributed by atoms with E-state index in [4.69, 9.17) is 0 Å². The fourth-order valence-electron chi connectivity index (χ4n) is 4.78. The largest absolute Gasteiger partial charge is 0.255 e. The monoisotopic (exact) mass is 436 g/mol. The molecular weight excluding hydrogens is 412 g/mol. The van der Waals surface area contributed by atoms with Crippen LogP contribution in [0.1, 0.15) is 22.3 Å². The number of hydrogen-bond donors (Lipinski definition) is 0. The lowest BCUT2D eigenvalue weighted by Gasteiger charge is -2.10. The molecule has 6 rings (SSSR count). The molecule has 0 spiro atoms. The van der Waals surface area contributed by atoms with Gasteiger partial charge in [-0.1, -0.05) is 84.9 Å². The average Bonchev–Trinajstić information content (AvgIpc) is 2.90. The Morgan fingerprint density at radius 3 is 1.38 bits per heavy atom. The van der Waals surface area contributed by atoms with Crippen molar-refractivity contribution in [3.63, 3.8) is 0 Å². The van der Waals surface area contributed by atoms with Gasteiger partial charge in [-0.3, -0.25) is 9.97 Å². The summed E-state index contributed by atoms with van der Waals surface area (Å²) < 4.78 is 0. The molecule has 2 heteroatoms. The number of hydrogen-bond acceptors (Lipinski definition) is 2. The zero-order valence-electron chi connectivity index (χ0n) is 18.9. The summed E-state index contributed by atoms with van der Waals surface area (Å²) in [4.78, 5) is 9.30. The fourth-order valence-corrected chi connectivity index (χ4v) is 4.78. The van der Waals surface area contributed by atoms with Crippen LogP contribution >= 0.6 is 0 Å². The maximum Gasteiger partial charge on any atom is 0.0889 e. The molecule has 34 heavy (non-hydrogen) atoms. The summed E-state index contributed by atoms with van der Waals surface area (Å²) in [7, 11) is 0. The molecular formula is C32H24N2. The number of nitrogens with zero attached hydrogens (tertiary/aromatic N) is 2. The summed E-state index contributed by atoms with van der Waals surface area (Å²) in [5.74, 6) is 0. The molecule has 0 fully saturated rings. The van der Waals surface area contributed by atoms with Crippen LogP contribution in [0.4, 0.5) is 0 Å². The van der Waals surface area contributed by atoms with Gasteiger partial charge in [-0.15, -0.1) is 0 Å². The van der Waals surface area contributed by atoms with Crippen LogP contribution in [-0.4, -0.2) is 9.97 Å². The summed E-state index contributed by atoms with van der Waals surface area (Å²) in [6.07, 6.45) is 5.53. The summed E-state index contributed by atoms with van der Waals surface area (Å²) in [5, 5.41) is 5.16. The van der Waals surface area contributed by atoms with Gasteiger partial charge in [0.25, 0.3) is 0 Å². The maximum atomic E-state index is 4.65. The van der Waals surface area contributed by atoms with Gasteiger partial charge >= 0.3 is 0 Å². The van der Waals surface area contributed by atoms with Crippen molar-refractivity contribution in [1.29, 1.82) is 0 Å². The molecule has 2 nitrogen and oxygen atoms in total. The zero-order chi connectivity index (χ0) is 22.7. The van der Waals surface area contributed by atoms with E-state index in [9.17, 15) is 0 Å². The third-order valence-corrected chi connectivity index (χ3v) is 6.46. The van der Waals surface area contributed by atoms with Crippen molar-refractivity contribution >= 4 is 21.5 Å². The number of benzene rings is 4. The molecule has 0 N–H and O–H groups in total. The second-order valence-electron chi connectivity index (χ2n) is 8.73. The first kappa shape index (κ1) is 20.3. The molecule has 0 saturated carbocycles. The first-order chi connectivity index (χ1) is 16.8. The molecule has 162 valence electrons. The summed E-state index contributed by atoms with van der Waals surface area (Å²) in [6, 6.07) is 38.7. The third kappa shape index (κ3) is 4.06. The molecule has 0 radical (unpaired) electrons. The van der Waals surface area contributed by atoms with Crippen molar-refractivity contribution in [2.24, 2.45) is 0 Å². The Morgan fingerprint density at radius 1 is 0.441 bits per heavy atom. The van der Waals surface area contributed by atoms with Gasteiger partial charge in [-0.2, -0.15) is 0 Å². The smallest absolute Gasteiger partial charge is 0.0889 e. The summed E-state index contributed by atoms with van der Waals surface area (Å²) in [5.41, 5.74) is 6.96. The van der Waals surface area contributed by atoms with E-state index in [1.807, 2.05) is 12.4 Å². The highest BCUT2D eigenvalue weighted by atomic mass is 14.8. The number of rotatable bonds is 5. The molecule has 0 amide bonds. The summed E-state index contributed by atoms with van der Waals surface area (Å²) in [6.45, 7) is 0. The Morgan fingerprint density at radius 2 is 0.882 bits per heavy atom. The minimum atomic E-state index is 0.868. The summed E-state index contributed by atoms with van der Waals surface area (Å²) >= 11 is 0. The predicted octanol–water partition coefficient (Wildman–Crippen LogP) is 7.63. The van der Waals surface area contributed by atoms with E-state index in [0.717, 1.165) is 24.2 Å². The predicted molar refractivity (Wildman–Crippen MR) is 141 cm³/mol. The zero-order valence-corrected chi connectivity index (χ0v) is 18.9. The standard InChI is InChI=1S/C32H24N2/c1-3-13-29-25(7-1)9-5-11-27(29)19-23-15-17-33-31(21-23)32-22-24(16-18-34-32)20-28-12-6-10-26-8-2-4-14-30(26)28/h1-18,21-22H,19-20H2. The molecule has 0 aliphatic carbocycles. The second-order valence-corrected chi connectivity index (χ2v) is 8.73. The molecule has 0 aliphatic heterocycles. The van der Waals surface area contributed by atoms with Gasteiger partial charge in [-0.25, -0.2) is 0 Å². The molecule has 0 bridgehead atoms. The molecule has 6 aromatic rings. The van der Waals surface area contributed by atoms with Crippen molar-refractivity contribution in [3.8, 4) is 11.4 Å². The van der Waals surface area contributed by atoms with Crippen LogP contribution in [0, 0.1) is 0 Å². The van der Waals surface area contributed by atoms with Gasteiger partial charge in [0.1, 0.15) is 0 Å². The van der Waals surface area contributed by atoms with Crippen LogP contribution < -0.4 is 0 Å². The lowest BCUT2D eigenvalue weighted by molar-refractivity contribution is 1.14. The molecule has 4 aromatic carbocycles. The van der Waals surface area contributed by atoms with E-state index in [-0.39, 0.29) is 0 Å². The van der Waals surface area contributed by atoms with Crippen LogP contribution in [0.15, 0.2) is 122 Å². The van der Waals surface area contributed by atoms with Gasteiger partial charge in [0.2, 0.25) is 0 Å². The van der Waals surface area contributed by atoms with Crippen molar-refractivity contribution in [3.05, 3.63) is 144 Å². The minimum absolute atomic E-state index is 0.868. The SMILES string of the molecule is c1ccc2c(Cc3ccnc(-c4cc(Cc5cccc6ccccc56)ccn4)c3)cccc2c1. The van der Waals surface area contributed by atoms with Crippen molar-refractivity contribution in [2.45, 2.75) is 12.8 Å². The molecule has 0 atom stereocenters. The molecule has 0 aliphatic rings. The quantitative estimate of drug-likeness (QED) is 0.278. The first-order valence-electron chi connectivity index (χ1n) is 11.7. The topological polar surface area (TPSA) is 25.8 Å². The molecule has 2 aromatic heterocycles. The van der Waals surface area contributed by atoms with Crippen LogP contribution in [0.25, 0.3) is 32.9 Å². The Bertz CT molecular complexity index is 1480. The van der Waals surface area contributed by atoms with Crippen LogP contribution in [0.2, 0.25) is 0 Å². The average molecular weight is 437 g/mol. The maximum absolute atomic E-state index is 4.65. The molecule has 0 unspecified atom stereocenters. The highest BCUT2D eigenvalue weighted by Crippen LogP contribution is 2.25. The van der Waals surface area contributed by atoms with Crippen LogP contribution in [0.3, 0.4) is 0 Å². The Hall–Kier alpha value is -4.30. The van der Waals surface area contributed by atoms with E-state index in [2.05, 4.69) is 119 Å². The van der Waals surface area contributed by atoms with Gasteiger partial charge in [0.15, 0.2) is 0 Å². The second kappa shape index (κ2) is 8.92. The number of pyridine rings is 2. The van der Waals surface area contributed by atoms with Gasteiger partial charge in [0, 0.05) is 12.4 Å². The Balaban J connectivity index is 1.30. The fraction of sp³-hybridized carbons (Fsp3) is 0.0625. The lowest BCUT2D eigenvalue weighted by Crippen LogP contribution is -1.95. The number of fused-ring (bicyclic) bond motifs is 2. The van der Waals surface area contributed by atoms with E-state index >= 15 is 0 Å². The van der Waals surface area contributed by atoms with E-state index < -0.39 is 0 Å².